The Labute approximate surface area is 99.9 Å². The van der Waals surface area contributed by atoms with E-state index in [0.29, 0.717) is 12.6 Å². The topological polar surface area (TPSA) is 64.4 Å². The summed E-state index contributed by atoms with van der Waals surface area (Å²) in [6.45, 7) is 2.76. The number of nitrogens with zero attached hydrogens (tertiary/aromatic N) is 1. The minimum absolute atomic E-state index is 0.107. The fourth-order valence-corrected chi connectivity index (χ4v) is 2.00. The number of anilines is 1. The molecular formula is C12H16N2O3. The summed E-state index contributed by atoms with van der Waals surface area (Å²) in [7, 11) is 0. The van der Waals surface area contributed by atoms with Crippen LogP contribution in [0.2, 0.25) is 0 Å². The fourth-order valence-electron chi connectivity index (χ4n) is 2.00. The van der Waals surface area contributed by atoms with Crippen LogP contribution in [0.4, 0.5) is 11.4 Å². The van der Waals surface area contributed by atoms with Crippen LogP contribution >= 0.6 is 0 Å². The van der Waals surface area contributed by atoms with E-state index in [0.717, 1.165) is 18.5 Å². The van der Waals surface area contributed by atoms with Gasteiger partial charge in [0.05, 0.1) is 17.1 Å². The van der Waals surface area contributed by atoms with Crippen molar-refractivity contribution >= 4 is 11.4 Å². The van der Waals surface area contributed by atoms with Gasteiger partial charge >= 0.3 is 0 Å². The highest BCUT2D eigenvalue weighted by atomic mass is 16.6. The Balaban J connectivity index is 1.90. The van der Waals surface area contributed by atoms with Gasteiger partial charge in [-0.3, -0.25) is 10.1 Å². The van der Waals surface area contributed by atoms with Crippen LogP contribution in [0.25, 0.3) is 0 Å². The first kappa shape index (κ1) is 11.9. The molecule has 1 heterocycles. The monoisotopic (exact) mass is 236 g/mol. The minimum atomic E-state index is -0.390. The molecule has 2 rings (SSSR count). The Morgan fingerprint density at radius 3 is 3.00 bits per heavy atom. The molecule has 5 nitrogen and oxygen atoms in total. The van der Waals surface area contributed by atoms with Gasteiger partial charge in [0.15, 0.2) is 0 Å². The van der Waals surface area contributed by atoms with E-state index in [1.807, 2.05) is 6.07 Å². The Morgan fingerprint density at radius 1 is 1.53 bits per heavy atom. The third-order valence-electron chi connectivity index (χ3n) is 2.91. The zero-order valence-corrected chi connectivity index (χ0v) is 9.76. The molecule has 1 N–H and O–H groups in total. The zero-order chi connectivity index (χ0) is 12.3. The summed E-state index contributed by atoms with van der Waals surface area (Å²) in [5.41, 5.74) is 0.873. The van der Waals surface area contributed by atoms with E-state index in [9.17, 15) is 10.1 Å². The summed E-state index contributed by atoms with van der Waals surface area (Å²) in [5.74, 6) is 0. The first-order valence-corrected chi connectivity index (χ1v) is 5.79. The second-order valence-corrected chi connectivity index (χ2v) is 4.33. The maximum atomic E-state index is 10.6. The van der Waals surface area contributed by atoms with Gasteiger partial charge in [0, 0.05) is 24.4 Å². The fraction of sp³-hybridized carbons (Fsp3) is 0.500. The van der Waals surface area contributed by atoms with Crippen LogP contribution < -0.4 is 5.32 Å². The van der Waals surface area contributed by atoms with Crippen molar-refractivity contribution < 1.29 is 9.66 Å². The third kappa shape index (κ3) is 3.17. The lowest BCUT2D eigenvalue weighted by molar-refractivity contribution is -0.384. The smallest absolute Gasteiger partial charge is 0.271 e. The van der Waals surface area contributed by atoms with Crippen molar-refractivity contribution in [1.82, 2.24) is 0 Å². The SMILES string of the molecule is CC1CCC(CNc2cccc([N+](=O)[O-])c2)O1. The molecule has 1 aliphatic heterocycles. The van der Waals surface area contributed by atoms with Gasteiger partial charge in [-0.15, -0.1) is 0 Å². The summed E-state index contributed by atoms with van der Waals surface area (Å²) in [6.07, 6.45) is 2.67. The van der Waals surface area contributed by atoms with Gasteiger partial charge in [-0.2, -0.15) is 0 Å². The number of nitro groups is 1. The Bertz CT molecular complexity index is 408. The number of nitrogens with one attached hydrogen (secondary N) is 1. The number of rotatable bonds is 4. The number of benzene rings is 1. The van der Waals surface area contributed by atoms with Crippen molar-refractivity contribution in [2.24, 2.45) is 0 Å². The van der Waals surface area contributed by atoms with E-state index in [4.69, 9.17) is 4.74 Å². The average molecular weight is 236 g/mol. The van der Waals surface area contributed by atoms with E-state index in [2.05, 4.69) is 12.2 Å². The van der Waals surface area contributed by atoms with E-state index in [1.165, 1.54) is 6.07 Å². The van der Waals surface area contributed by atoms with Crippen LogP contribution in [-0.4, -0.2) is 23.7 Å². The molecular weight excluding hydrogens is 220 g/mol. The van der Waals surface area contributed by atoms with Gasteiger partial charge < -0.3 is 10.1 Å². The van der Waals surface area contributed by atoms with Crippen LogP contribution in [0.3, 0.4) is 0 Å². The standard InChI is InChI=1S/C12H16N2O3/c1-9-5-6-12(17-9)8-13-10-3-2-4-11(7-10)14(15)16/h2-4,7,9,12-13H,5-6,8H2,1H3. The molecule has 2 unspecified atom stereocenters. The molecule has 1 aliphatic rings. The molecule has 1 fully saturated rings. The Morgan fingerprint density at radius 2 is 2.35 bits per heavy atom. The molecule has 1 aromatic rings. The second kappa shape index (κ2) is 5.14. The predicted octanol–water partition coefficient (Wildman–Crippen LogP) is 2.57. The third-order valence-corrected chi connectivity index (χ3v) is 2.91. The summed E-state index contributed by atoms with van der Waals surface area (Å²) in [6, 6.07) is 6.53. The van der Waals surface area contributed by atoms with E-state index < -0.39 is 0 Å². The molecule has 92 valence electrons. The van der Waals surface area contributed by atoms with Gasteiger partial charge in [-0.1, -0.05) is 6.07 Å². The zero-order valence-electron chi connectivity index (χ0n) is 9.76. The lowest BCUT2D eigenvalue weighted by Crippen LogP contribution is -2.19. The number of non-ortho nitro benzene ring substituents is 1. The van der Waals surface area contributed by atoms with Crippen LogP contribution in [0.15, 0.2) is 24.3 Å². The molecule has 0 aromatic heterocycles. The Kier molecular flexibility index (Phi) is 3.58. The number of nitro benzene ring substituents is 1. The maximum Gasteiger partial charge on any atom is 0.271 e. The highest BCUT2D eigenvalue weighted by Gasteiger charge is 2.21. The molecule has 0 aliphatic carbocycles. The largest absolute Gasteiger partial charge is 0.382 e. The average Bonchev–Trinajstić information content (AvgIpc) is 2.73. The van der Waals surface area contributed by atoms with Crippen molar-refractivity contribution in [3.05, 3.63) is 34.4 Å². The van der Waals surface area contributed by atoms with Crippen molar-refractivity contribution in [1.29, 1.82) is 0 Å². The molecule has 2 atom stereocenters. The van der Waals surface area contributed by atoms with Crippen molar-refractivity contribution in [2.75, 3.05) is 11.9 Å². The molecule has 1 aromatic carbocycles. The quantitative estimate of drug-likeness (QED) is 0.644. The van der Waals surface area contributed by atoms with Gasteiger partial charge in [-0.05, 0) is 25.8 Å². The number of ether oxygens (including phenoxy) is 1. The van der Waals surface area contributed by atoms with E-state index >= 15 is 0 Å². The minimum Gasteiger partial charge on any atom is -0.382 e. The number of hydrogen-bond donors (Lipinski definition) is 1. The lowest BCUT2D eigenvalue weighted by atomic mass is 10.2. The molecule has 1 saturated heterocycles. The highest BCUT2D eigenvalue weighted by molar-refractivity contribution is 5.50. The maximum absolute atomic E-state index is 10.6. The second-order valence-electron chi connectivity index (χ2n) is 4.33. The van der Waals surface area contributed by atoms with Crippen LogP contribution in [0.1, 0.15) is 19.8 Å². The summed E-state index contributed by atoms with van der Waals surface area (Å²) in [4.78, 5) is 10.2. The van der Waals surface area contributed by atoms with Gasteiger partial charge in [0.1, 0.15) is 0 Å². The van der Waals surface area contributed by atoms with Gasteiger partial charge in [-0.25, -0.2) is 0 Å². The van der Waals surface area contributed by atoms with Crippen LogP contribution in [0.5, 0.6) is 0 Å². The Hall–Kier alpha value is -1.62. The van der Waals surface area contributed by atoms with E-state index in [1.54, 1.807) is 12.1 Å². The first-order valence-electron chi connectivity index (χ1n) is 5.79. The number of hydrogen-bond acceptors (Lipinski definition) is 4. The molecule has 0 spiro atoms. The predicted molar refractivity (Wildman–Crippen MR) is 65.2 cm³/mol. The molecule has 17 heavy (non-hydrogen) atoms. The first-order chi connectivity index (χ1) is 8.15. The van der Waals surface area contributed by atoms with Crippen LogP contribution in [0, 0.1) is 10.1 Å². The van der Waals surface area contributed by atoms with Gasteiger partial charge in [0.25, 0.3) is 5.69 Å². The van der Waals surface area contributed by atoms with Gasteiger partial charge in [0.2, 0.25) is 0 Å². The molecule has 0 bridgehead atoms. The van der Waals surface area contributed by atoms with Crippen molar-refractivity contribution in [2.45, 2.75) is 32.0 Å². The van der Waals surface area contributed by atoms with Crippen molar-refractivity contribution in [3.63, 3.8) is 0 Å². The molecule has 0 radical (unpaired) electrons. The molecule has 5 heteroatoms. The normalized spacial score (nSPS) is 23.6. The van der Waals surface area contributed by atoms with E-state index in [-0.39, 0.29) is 16.7 Å². The highest BCUT2D eigenvalue weighted by Crippen LogP contribution is 2.21. The lowest BCUT2D eigenvalue weighted by Gasteiger charge is -2.12. The summed E-state index contributed by atoms with van der Waals surface area (Å²) in [5, 5.41) is 13.8. The van der Waals surface area contributed by atoms with Crippen molar-refractivity contribution in [3.8, 4) is 0 Å². The van der Waals surface area contributed by atoms with Crippen LogP contribution in [-0.2, 0) is 4.74 Å². The summed E-state index contributed by atoms with van der Waals surface area (Å²) < 4.78 is 5.66. The molecule has 0 amide bonds. The summed E-state index contributed by atoms with van der Waals surface area (Å²) >= 11 is 0. The molecule has 0 saturated carbocycles.